The molecule has 0 atom stereocenters. The molecule has 30 heavy (non-hydrogen) atoms. The first-order valence-corrected chi connectivity index (χ1v) is 10.6. The van der Waals surface area contributed by atoms with Crippen molar-refractivity contribution >= 4 is 50.7 Å². The second-order valence-electron chi connectivity index (χ2n) is 7.08. The Hall–Kier alpha value is -2.78. The van der Waals surface area contributed by atoms with Crippen molar-refractivity contribution in [1.29, 1.82) is 0 Å². The molecular formula is C20H18ClFN4O3S. The van der Waals surface area contributed by atoms with Gasteiger partial charge in [0, 0.05) is 18.8 Å². The molecule has 7 nitrogen and oxygen atoms in total. The zero-order valence-electron chi connectivity index (χ0n) is 16.1. The lowest BCUT2D eigenvalue weighted by Gasteiger charge is -2.15. The predicted octanol–water partition coefficient (Wildman–Crippen LogP) is 3.43. The highest BCUT2D eigenvalue weighted by Gasteiger charge is 2.22. The van der Waals surface area contributed by atoms with Crippen LogP contribution in [-0.2, 0) is 11.3 Å². The van der Waals surface area contributed by atoms with Crippen LogP contribution < -0.4 is 10.9 Å². The van der Waals surface area contributed by atoms with Crippen LogP contribution in [0.3, 0.4) is 0 Å². The largest absolute Gasteiger partial charge is 0.341 e. The van der Waals surface area contributed by atoms with E-state index in [1.165, 1.54) is 23.0 Å². The van der Waals surface area contributed by atoms with Crippen LogP contribution in [0, 0.1) is 12.7 Å². The summed E-state index contributed by atoms with van der Waals surface area (Å²) >= 11 is 6.84. The van der Waals surface area contributed by atoms with Gasteiger partial charge >= 0.3 is 0 Å². The van der Waals surface area contributed by atoms with Gasteiger partial charge in [-0.3, -0.25) is 19.0 Å². The molecule has 1 aliphatic heterocycles. The van der Waals surface area contributed by atoms with E-state index in [1.54, 1.807) is 11.8 Å². The van der Waals surface area contributed by atoms with E-state index in [0.29, 0.717) is 39.4 Å². The first-order chi connectivity index (χ1) is 14.3. The van der Waals surface area contributed by atoms with E-state index >= 15 is 0 Å². The van der Waals surface area contributed by atoms with Crippen LogP contribution in [0.5, 0.6) is 0 Å². The molecule has 0 radical (unpaired) electrons. The van der Waals surface area contributed by atoms with Gasteiger partial charge in [0.05, 0.1) is 21.6 Å². The van der Waals surface area contributed by atoms with Crippen molar-refractivity contribution in [3.05, 3.63) is 56.2 Å². The average Bonchev–Trinajstić information content (AvgIpc) is 3.35. The molecule has 0 aliphatic carbocycles. The molecule has 1 aromatic carbocycles. The summed E-state index contributed by atoms with van der Waals surface area (Å²) in [5.74, 6) is -1.15. The molecule has 10 heteroatoms. The summed E-state index contributed by atoms with van der Waals surface area (Å²) < 4.78 is 14.6. The van der Waals surface area contributed by atoms with E-state index in [9.17, 15) is 18.8 Å². The Kier molecular flexibility index (Phi) is 5.57. The Morgan fingerprint density at radius 2 is 2.03 bits per heavy atom. The summed E-state index contributed by atoms with van der Waals surface area (Å²) in [5.41, 5.74) is 0.469. The van der Waals surface area contributed by atoms with Gasteiger partial charge in [0.15, 0.2) is 0 Å². The summed E-state index contributed by atoms with van der Waals surface area (Å²) in [6.45, 7) is 3.00. The zero-order valence-corrected chi connectivity index (χ0v) is 17.6. The van der Waals surface area contributed by atoms with Gasteiger partial charge in [-0.1, -0.05) is 11.6 Å². The van der Waals surface area contributed by atoms with E-state index < -0.39 is 11.7 Å². The lowest BCUT2D eigenvalue weighted by molar-refractivity contribution is -0.130. The van der Waals surface area contributed by atoms with Crippen molar-refractivity contribution in [2.45, 2.75) is 26.3 Å². The van der Waals surface area contributed by atoms with Gasteiger partial charge in [-0.05, 0) is 43.5 Å². The highest BCUT2D eigenvalue weighted by Crippen LogP contribution is 2.28. The molecule has 0 saturated carbocycles. The number of nitrogens with zero attached hydrogens (tertiary/aromatic N) is 3. The summed E-state index contributed by atoms with van der Waals surface area (Å²) in [5, 5.41) is 2.87. The molecule has 0 bridgehead atoms. The van der Waals surface area contributed by atoms with Crippen molar-refractivity contribution in [2.24, 2.45) is 0 Å². The lowest BCUT2D eigenvalue weighted by Crippen LogP contribution is -2.34. The predicted molar refractivity (Wildman–Crippen MR) is 114 cm³/mol. The summed E-state index contributed by atoms with van der Waals surface area (Å²) in [6.07, 6.45) is 3.29. The van der Waals surface area contributed by atoms with E-state index in [-0.39, 0.29) is 23.0 Å². The standard InChI is InChI=1S/C20H18ClFN4O3S/c1-11-16-19(23-10-26(20(16)29)9-15(27)25-6-2-3-7-25)30-17(11)18(28)24-12-4-5-14(22)13(21)8-12/h4-5,8,10H,2-3,6-7,9H2,1H3,(H,24,28). The Balaban J connectivity index is 1.62. The molecule has 3 heterocycles. The van der Waals surface area contributed by atoms with Crippen LogP contribution in [0.2, 0.25) is 5.02 Å². The summed E-state index contributed by atoms with van der Waals surface area (Å²) in [4.78, 5) is 44.8. The number of rotatable bonds is 4. The number of amides is 2. The normalized spacial score (nSPS) is 13.8. The van der Waals surface area contributed by atoms with Crippen molar-refractivity contribution in [1.82, 2.24) is 14.5 Å². The topological polar surface area (TPSA) is 84.3 Å². The van der Waals surface area contributed by atoms with Gasteiger partial charge in [0.25, 0.3) is 11.5 Å². The molecule has 3 aromatic rings. The maximum Gasteiger partial charge on any atom is 0.266 e. The average molecular weight is 449 g/mol. The number of benzene rings is 1. The first kappa shape index (κ1) is 20.5. The lowest BCUT2D eigenvalue weighted by atomic mass is 10.2. The van der Waals surface area contributed by atoms with E-state index in [0.717, 1.165) is 30.2 Å². The highest BCUT2D eigenvalue weighted by molar-refractivity contribution is 7.20. The van der Waals surface area contributed by atoms with Crippen LogP contribution in [0.15, 0.2) is 29.3 Å². The summed E-state index contributed by atoms with van der Waals surface area (Å²) in [6, 6.07) is 3.87. The Bertz CT molecular complexity index is 1220. The minimum Gasteiger partial charge on any atom is -0.341 e. The first-order valence-electron chi connectivity index (χ1n) is 9.38. The zero-order chi connectivity index (χ0) is 21.4. The molecule has 2 aromatic heterocycles. The number of hydrogen-bond acceptors (Lipinski definition) is 5. The fourth-order valence-electron chi connectivity index (χ4n) is 3.46. The van der Waals surface area contributed by atoms with E-state index in [4.69, 9.17) is 11.6 Å². The number of thiophene rings is 1. The third kappa shape index (κ3) is 3.82. The number of anilines is 1. The second kappa shape index (κ2) is 8.16. The number of nitrogens with one attached hydrogen (secondary N) is 1. The molecule has 1 saturated heterocycles. The van der Waals surface area contributed by atoms with Crippen LogP contribution in [-0.4, -0.2) is 39.4 Å². The van der Waals surface area contributed by atoms with Gasteiger partial charge in [-0.15, -0.1) is 11.3 Å². The van der Waals surface area contributed by atoms with Gasteiger partial charge < -0.3 is 10.2 Å². The molecule has 4 rings (SSSR count). The van der Waals surface area contributed by atoms with Crippen LogP contribution >= 0.6 is 22.9 Å². The molecule has 0 unspecified atom stereocenters. The van der Waals surface area contributed by atoms with Crippen LogP contribution in [0.1, 0.15) is 28.1 Å². The maximum absolute atomic E-state index is 13.3. The number of aromatic nitrogens is 2. The van der Waals surface area contributed by atoms with Crippen molar-refractivity contribution in [3.63, 3.8) is 0 Å². The number of halogens is 2. The number of carbonyl (C=O) groups is 2. The number of hydrogen-bond donors (Lipinski definition) is 1. The molecule has 2 amide bonds. The Labute approximate surface area is 180 Å². The minimum atomic E-state index is -0.582. The van der Waals surface area contributed by atoms with Gasteiger partial charge in [-0.25, -0.2) is 9.37 Å². The second-order valence-corrected chi connectivity index (χ2v) is 8.49. The van der Waals surface area contributed by atoms with Crippen molar-refractivity contribution in [2.75, 3.05) is 18.4 Å². The Morgan fingerprint density at radius 3 is 2.73 bits per heavy atom. The molecule has 156 valence electrons. The van der Waals surface area contributed by atoms with Crippen molar-refractivity contribution < 1.29 is 14.0 Å². The fourth-order valence-corrected chi connectivity index (χ4v) is 4.68. The van der Waals surface area contributed by atoms with E-state index in [1.807, 2.05) is 0 Å². The van der Waals surface area contributed by atoms with Gasteiger partial charge in [0.2, 0.25) is 5.91 Å². The smallest absolute Gasteiger partial charge is 0.266 e. The summed E-state index contributed by atoms with van der Waals surface area (Å²) in [7, 11) is 0. The third-order valence-corrected chi connectivity index (χ3v) is 6.55. The van der Waals surface area contributed by atoms with Gasteiger partial charge in [-0.2, -0.15) is 0 Å². The fraction of sp³-hybridized carbons (Fsp3) is 0.300. The van der Waals surface area contributed by atoms with Crippen molar-refractivity contribution in [3.8, 4) is 0 Å². The SMILES string of the molecule is Cc1c(C(=O)Nc2ccc(F)c(Cl)c2)sc2ncn(CC(=O)N3CCCC3)c(=O)c12. The monoisotopic (exact) mass is 448 g/mol. The molecule has 1 N–H and O–H groups in total. The molecule has 1 aliphatic rings. The molecule has 1 fully saturated rings. The molecule has 0 spiro atoms. The van der Waals surface area contributed by atoms with Crippen LogP contribution in [0.25, 0.3) is 10.2 Å². The quantitative estimate of drug-likeness (QED) is 0.662. The highest BCUT2D eigenvalue weighted by atomic mass is 35.5. The number of carbonyl (C=O) groups excluding carboxylic acids is 2. The number of fused-ring (bicyclic) bond motifs is 1. The number of aryl methyl sites for hydroxylation is 1. The van der Waals surface area contributed by atoms with Gasteiger partial charge in [0.1, 0.15) is 17.2 Å². The number of likely N-dealkylation sites (tertiary alicyclic amines) is 1. The minimum absolute atomic E-state index is 0.0767. The van der Waals surface area contributed by atoms with Crippen LogP contribution in [0.4, 0.5) is 10.1 Å². The molecular weight excluding hydrogens is 431 g/mol. The Morgan fingerprint density at radius 1 is 1.30 bits per heavy atom. The van der Waals surface area contributed by atoms with E-state index in [2.05, 4.69) is 10.3 Å². The maximum atomic E-state index is 13.3. The third-order valence-electron chi connectivity index (χ3n) is 5.07.